The number of anilines is 1. The Morgan fingerprint density at radius 1 is 1.35 bits per heavy atom. The average Bonchev–Trinajstić information content (AvgIpc) is 2.89. The van der Waals surface area contributed by atoms with Crippen LogP contribution < -0.4 is 5.32 Å². The van der Waals surface area contributed by atoms with Crippen LogP contribution in [0.5, 0.6) is 0 Å². The van der Waals surface area contributed by atoms with Crippen molar-refractivity contribution < 1.29 is 4.52 Å². The molecule has 2 aromatic rings. The van der Waals surface area contributed by atoms with Crippen molar-refractivity contribution in [2.45, 2.75) is 39.2 Å². The van der Waals surface area contributed by atoms with Crippen LogP contribution in [0.15, 0.2) is 16.7 Å². The highest BCUT2D eigenvalue weighted by molar-refractivity contribution is 5.54. The summed E-state index contributed by atoms with van der Waals surface area (Å²) in [4.78, 5) is 4.61. The summed E-state index contributed by atoms with van der Waals surface area (Å²) >= 11 is 0. The first-order chi connectivity index (χ1) is 9.76. The molecule has 0 saturated heterocycles. The van der Waals surface area contributed by atoms with Crippen molar-refractivity contribution in [3.8, 4) is 6.07 Å². The van der Waals surface area contributed by atoms with Crippen LogP contribution in [-0.4, -0.2) is 10.1 Å². The van der Waals surface area contributed by atoms with E-state index in [2.05, 4.69) is 21.5 Å². The standard InChI is InChI=1S/C15H16N4O/c1-10-6-13(19-20-10)9-17-15-12(8-16)7-11-4-2-3-5-14(11)18-15/h6-7H,2-5,9H2,1H3,(H,17,18). The minimum atomic E-state index is 0.512. The predicted octanol–water partition coefficient (Wildman–Crippen LogP) is 2.74. The number of aryl methyl sites for hydroxylation is 3. The second kappa shape index (κ2) is 5.33. The van der Waals surface area contributed by atoms with Crippen LogP contribution in [0.2, 0.25) is 0 Å². The molecule has 1 N–H and O–H groups in total. The third kappa shape index (κ3) is 2.50. The number of fused-ring (bicyclic) bond motifs is 1. The Labute approximate surface area is 117 Å². The van der Waals surface area contributed by atoms with Gasteiger partial charge in [0.05, 0.1) is 12.1 Å². The van der Waals surface area contributed by atoms with E-state index in [-0.39, 0.29) is 0 Å². The molecular weight excluding hydrogens is 252 g/mol. The molecule has 0 bridgehead atoms. The van der Waals surface area contributed by atoms with Crippen LogP contribution in [0.3, 0.4) is 0 Å². The lowest BCUT2D eigenvalue weighted by Crippen LogP contribution is -2.10. The van der Waals surface area contributed by atoms with E-state index in [4.69, 9.17) is 4.52 Å². The first-order valence-electron chi connectivity index (χ1n) is 6.85. The van der Waals surface area contributed by atoms with Gasteiger partial charge in [0.1, 0.15) is 23.3 Å². The summed E-state index contributed by atoms with van der Waals surface area (Å²) in [6, 6.07) is 6.06. The molecule has 0 unspecified atom stereocenters. The number of nitrogens with one attached hydrogen (secondary N) is 1. The largest absolute Gasteiger partial charge is 0.363 e. The molecule has 0 aliphatic heterocycles. The van der Waals surface area contributed by atoms with Crippen LogP contribution in [0.1, 0.15) is 41.1 Å². The Balaban J connectivity index is 1.83. The van der Waals surface area contributed by atoms with Gasteiger partial charge in [-0.25, -0.2) is 4.98 Å². The topological polar surface area (TPSA) is 74.7 Å². The summed E-state index contributed by atoms with van der Waals surface area (Å²) in [5.41, 5.74) is 3.75. The molecule has 102 valence electrons. The zero-order valence-electron chi connectivity index (χ0n) is 11.4. The molecule has 0 radical (unpaired) electrons. The molecule has 20 heavy (non-hydrogen) atoms. The van der Waals surface area contributed by atoms with Gasteiger partial charge < -0.3 is 9.84 Å². The average molecular weight is 268 g/mol. The van der Waals surface area contributed by atoms with E-state index in [1.807, 2.05) is 19.1 Å². The molecule has 0 atom stereocenters. The minimum Gasteiger partial charge on any atom is -0.363 e. The van der Waals surface area contributed by atoms with E-state index in [1.54, 1.807) is 0 Å². The van der Waals surface area contributed by atoms with E-state index in [0.29, 0.717) is 17.9 Å². The molecular formula is C15H16N4O. The summed E-state index contributed by atoms with van der Waals surface area (Å²) in [6.45, 7) is 2.37. The van der Waals surface area contributed by atoms with Crippen LogP contribution in [0, 0.1) is 18.3 Å². The molecule has 1 aliphatic rings. The fourth-order valence-corrected chi connectivity index (χ4v) is 2.53. The number of rotatable bonds is 3. The third-order valence-corrected chi connectivity index (χ3v) is 3.53. The number of nitrogens with zero attached hydrogens (tertiary/aromatic N) is 3. The van der Waals surface area contributed by atoms with Crippen molar-refractivity contribution >= 4 is 5.82 Å². The quantitative estimate of drug-likeness (QED) is 0.926. The molecule has 0 fully saturated rings. The zero-order chi connectivity index (χ0) is 13.9. The summed E-state index contributed by atoms with van der Waals surface area (Å²) in [5.74, 6) is 1.43. The maximum absolute atomic E-state index is 9.26. The molecule has 2 heterocycles. The summed E-state index contributed by atoms with van der Waals surface area (Å²) in [7, 11) is 0. The van der Waals surface area contributed by atoms with Crippen molar-refractivity contribution in [1.29, 1.82) is 5.26 Å². The highest BCUT2D eigenvalue weighted by Crippen LogP contribution is 2.24. The minimum absolute atomic E-state index is 0.512. The van der Waals surface area contributed by atoms with Gasteiger partial charge in [-0.2, -0.15) is 5.26 Å². The fraction of sp³-hybridized carbons (Fsp3) is 0.400. The molecule has 5 nitrogen and oxygen atoms in total. The van der Waals surface area contributed by atoms with Crippen LogP contribution >= 0.6 is 0 Å². The van der Waals surface area contributed by atoms with E-state index < -0.39 is 0 Å². The Kier molecular flexibility index (Phi) is 3.38. The molecule has 5 heteroatoms. The molecule has 3 rings (SSSR count). The summed E-state index contributed by atoms with van der Waals surface area (Å²) in [5, 5.41) is 16.4. The van der Waals surface area contributed by atoms with Crippen molar-refractivity contribution in [2.24, 2.45) is 0 Å². The molecule has 2 aromatic heterocycles. The molecule has 0 amide bonds. The predicted molar refractivity (Wildman–Crippen MR) is 74.2 cm³/mol. The van der Waals surface area contributed by atoms with E-state index in [1.165, 1.54) is 18.4 Å². The van der Waals surface area contributed by atoms with Gasteiger partial charge in [-0.05, 0) is 44.2 Å². The summed E-state index contributed by atoms with van der Waals surface area (Å²) < 4.78 is 5.02. The van der Waals surface area contributed by atoms with Crippen molar-refractivity contribution in [1.82, 2.24) is 10.1 Å². The van der Waals surface area contributed by atoms with Crippen LogP contribution in [0.25, 0.3) is 0 Å². The maximum Gasteiger partial charge on any atom is 0.144 e. The Bertz CT molecular complexity index is 669. The summed E-state index contributed by atoms with van der Waals surface area (Å²) in [6.07, 6.45) is 4.39. The molecule has 0 saturated carbocycles. The SMILES string of the molecule is Cc1cc(CNc2nc3c(cc2C#N)CCCC3)no1. The van der Waals surface area contributed by atoms with Gasteiger partial charge in [0, 0.05) is 11.8 Å². The van der Waals surface area contributed by atoms with Gasteiger partial charge in [0.15, 0.2) is 0 Å². The number of nitriles is 1. The van der Waals surface area contributed by atoms with Gasteiger partial charge in [-0.1, -0.05) is 5.16 Å². The highest BCUT2D eigenvalue weighted by atomic mass is 16.5. The Morgan fingerprint density at radius 2 is 2.20 bits per heavy atom. The van der Waals surface area contributed by atoms with Gasteiger partial charge in [-0.3, -0.25) is 0 Å². The fourth-order valence-electron chi connectivity index (χ4n) is 2.53. The van der Waals surface area contributed by atoms with Gasteiger partial charge >= 0.3 is 0 Å². The number of hydrogen-bond donors (Lipinski definition) is 1. The number of aromatic nitrogens is 2. The molecule has 1 aliphatic carbocycles. The lowest BCUT2D eigenvalue weighted by molar-refractivity contribution is 0.391. The van der Waals surface area contributed by atoms with Crippen LogP contribution in [0.4, 0.5) is 5.82 Å². The van der Waals surface area contributed by atoms with Crippen molar-refractivity contribution in [2.75, 3.05) is 5.32 Å². The van der Waals surface area contributed by atoms with Gasteiger partial charge in [0.25, 0.3) is 0 Å². The first-order valence-corrected chi connectivity index (χ1v) is 6.85. The second-order valence-electron chi connectivity index (χ2n) is 5.09. The Morgan fingerprint density at radius 3 is 2.95 bits per heavy atom. The normalized spacial score (nSPS) is 13.6. The van der Waals surface area contributed by atoms with Gasteiger partial charge in [-0.15, -0.1) is 0 Å². The maximum atomic E-state index is 9.26. The number of hydrogen-bond acceptors (Lipinski definition) is 5. The Hall–Kier alpha value is -2.35. The highest BCUT2D eigenvalue weighted by Gasteiger charge is 2.15. The number of pyridine rings is 1. The second-order valence-corrected chi connectivity index (χ2v) is 5.09. The first kappa shape index (κ1) is 12.7. The van der Waals surface area contributed by atoms with E-state index in [9.17, 15) is 5.26 Å². The van der Waals surface area contributed by atoms with E-state index in [0.717, 1.165) is 30.0 Å². The third-order valence-electron chi connectivity index (χ3n) is 3.53. The van der Waals surface area contributed by atoms with Crippen molar-refractivity contribution in [3.63, 3.8) is 0 Å². The monoisotopic (exact) mass is 268 g/mol. The van der Waals surface area contributed by atoms with E-state index >= 15 is 0 Å². The van der Waals surface area contributed by atoms with Crippen LogP contribution in [-0.2, 0) is 19.4 Å². The zero-order valence-corrected chi connectivity index (χ0v) is 11.4. The molecule has 0 spiro atoms. The van der Waals surface area contributed by atoms with Gasteiger partial charge in [0.2, 0.25) is 0 Å². The lowest BCUT2D eigenvalue weighted by Gasteiger charge is -2.17. The lowest BCUT2D eigenvalue weighted by atomic mass is 9.95. The smallest absolute Gasteiger partial charge is 0.144 e. The van der Waals surface area contributed by atoms with Crippen molar-refractivity contribution in [3.05, 3.63) is 40.4 Å². The molecule has 0 aromatic carbocycles.